The Labute approximate surface area is 162 Å². The number of allylic oxidation sites excluding steroid dienone is 1. The van der Waals surface area contributed by atoms with Crippen LogP contribution in [0.4, 0.5) is 0 Å². The number of rotatable bonds is 8. The highest BCUT2D eigenvalue weighted by Crippen LogP contribution is 2.34. The molecule has 0 fully saturated rings. The number of benzene rings is 3. The molecule has 0 aliphatic carbocycles. The highest BCUT2D eigenvalue weighted by molar-refractivity contribution is 5.98. The van der Waals surface area contributed by atoms with Gasteiger partial charge < -0.3 is 10.5 Å². The van der Waals surface area contributed by atoms with E-state index in [4.69, 9.17) is 10.5 Å². The SMILES string of the molecule is CC/C(=C(/c1ccccc1)c1ccc(OCCCN)cc1)c1ccccc1. The molecule has 0 radical (unpaired) electrons. The van der Waals surface area contributed by atoms with Gasteiger partial charge in [-0.15, -0.1) is 0 Å². The van der Waals surface area contributed by atoms with E-state index in [-0.39, 0.29) is 0 Å². The first-order valence-corrected chi connectivity index (χ1v) is 9.60. The third-order valence-corrected chi connectivity index (χ3v) is 4.60. The van der Waals surface area contributed by atoms with Gasteiger partial charge in [0.1, 0.15) is 5.75 Å². The van der Waals surface area contributed by atoms with Gasteiger partial charge in [-0.3, -0.25) is 0 Å². The van der Waals surface area contributed by atoms with Gasteiger partial charge >= 0.3 is 0 Å². The van der Waals surface area contributed by atoms with E-state index in [1.54, 1.807) is 0 Å². The fraction of sp³-hybridized carbons (Fsp3) is 0.200. The largest absolute Gasteiger partial charge is 0.494 e. The van der Waals surface area contributed by atoms with E-state index in [1.807, 2.05) is 12.1 Å². The van der Waals surface area contributed by atoms with Crippen LogP contribution in [0.2, 0.25) is 0 Å². The zero-order valence-electron chi connectivity index (χ0n) is 15.9. The minimum absolute atomic E-state index is 0.649. The maximum absolute atomic E-state index is 5.76. The Bertz CT molecular complexity index is 852. The molecule has 0 aromatic heterocycles. The van der Waals surface area contributed by atoms with Crippen molar-refractivity contribution in [2.45, 2.75) is 19.8 Å². The second kappa shape index (κ2) is 9.75. The highest BCUT2D eigenvalue weighted by atomic mass is 16.5. The molecule has 2 heteroatoms. The van der Waals surface area contributed by atoms with Crippen LogP contribution in [0.25, 0.3) is 11.1 Å². The van der Waals surface area contributed by atoms with Gasteiger partial charge in [-0.2, -0.15) is 0 Å². The van der Waals surface area contributed by atoms with E-state index in [0.717, 1.165) is 18.6 Å². The Kier molecular flexibility index (Phi) is 6.84. The molecule has 27 heavy (non-hydrogen) atoms. The Hall–Kier alpha value is -2.84. The summed E-state index contributed by atoms with van der Waals surface area (Å²) in [6.07, 6.45) is 1.83. The molecular formula is C25H27NO. The molecule has 3 aromatic rings. The number of hydrogen-bond acceptors (Lipinski definition) is 2. The molecule has 2 N–H and O–H groups in total. The van der Waals surface area contributed by atoms with Crippen LogP contribution in [0.3, 0.4) is 0 Å². The first kappa shape index (κ1) is 18.9. The Morgan fingerprint density at radius 1 is 0.741 bits per heavy atom. The molecule has 0 aliphatic heterocycles. The summed E-state index contributed by atoms with van der Waals surface area (Å²) in [7, 11) is 0. The number of hydrogen-bond donors (Lipinski definition) is 1. The molecule has 3 rings (SSSR count). The van der Waals surface area contributed by atoms with Crippen LogP contribution in [0.5, 0.6) is 5.75 Å². The van der Waals surface area contributed by atoms with Crippen molar-refractivity contribution in [1.29, 1.82) is 0 Å². The van der Waals surface area contributed by atoms with E-state index < -0.39 is 0 Å². The molecule has 0 saturated heterocycles. The van der Waals surface area contributed by atoms with E-state index in [1.165, 1.54) is 27.8 Å². The van der Waals surface area contributed by atoms with Gasteiger partial charge in [0.25, 0.3) is 0 Å². The first-order chi connectivity index (χ1) is 13.3. The molecule has 3 aromatic carbocycles. The van der Waals surface area contributed by atoms with Crippen LogP contribution in [0.15, 0.2) is 84.9 Å². The van der Waals surface area contributed by atoms with E-state index in [2.05, 4.69) is 79.7 Å². The molecule has 0 amide bonds. The molecule has 2 nitrogen and oxygen atoms in total. The van der Waals surface area contributed by atoms with Crippen molar-refractivity contribution in [1.82, 2.24) is 0 Å². The maximum atomic E-state index is 5.76. The molecule has 0 spiro atoms. The third-order valence-electron chi connectivity index (χ3n) is 4.60. The molecule has 0 heterocycles. The second-order valence-corrected chi connectivity index (χ2v) is 6.45. The van der Waals surface area contributed by atoms with Gasteiger partial charge in [0.2, 0.25) is 0 Å². The molecule has 0 unspecified atom stereocenters. The minimum Gasteiger partial charge on any atom is -0.494 e. The molecule has 0 bridgehead atoms. The van der Waals surface area contributed by atoms with Crippen LogP contribution < -0.4 is 10.5 Å². The lowest BCUT2D eigenvalue weighted by atomic mass is 9.88. The van der Waals surface area contributed by atoms with Gasteiger partial charge in [0.15, 0.2) is 0 Å². The summed E-state index contributed by atoms with van der Waals surface area (Å²) < 4.78 is 5.76. The Balaban J connectivity index is 2.04. The fourth-order valence-corrected chi connectivity index (χ4v) is 3.28. The van der Waals surface area contributed by atoms with Crippen molar-refractivity contribution in [3.05, 3.63) is 102 Å². The average molecular weight is 357 g/mol. The van der Waals surface area contributed by atoms with Crippen molar-refractivity contribution in [2.24, 2.45) is 5.73 Å². The number of nitrogens with two attached hydrogens (primary N) is 1. The Morgan fingerprint density at radius 3 is 1.85 bits per heavy atom. The lowest BCUT2D eigenvalue weighted by Crippen LogP contribution is -2.06. The van der Waals surface area contributed by atoms with Crippen molar-refractivity contribution in [2.75, 3.05) is 13.2 Å². The quantitative estimate of drug-likeness (QED) is 0.409. The molecule has 0 atom stereocenters. The summed E-state index contributed by atoms with van der Waals surface area (Å²) in [5.41, 5.74) is 11.9. The van der Waals surface area contributed by atoms with Crippen molar-refractivity contribution in [3.63, 3.8) is 0 Å². The lowest BCUT2D eigenvalue weighted by molar-refractivity contribution is 0.313. The van der Waals surface area contributed by atoms with Gasteiger partial charge in [0.05, 0.1) is 6.61 Å². The van der Waals surface area contributed by atoms with E-state index in [9.17, 15) is 0 Å². The van der Waals surface area contributed by atoms with Crippen LogP contribution in [-0.4, -0.2) is 13.2 Å². The van der Waals surface area contributed by atoms with Gasteiger partial charge in [-0.1, -0.05) is 79.7 Å². The van der Waals surface area contributed by atoms with Crippen molar-refractivity contribution >= 4 is 11.1 Å². The third kappa shape index (κ3) is 4.87. The number of ether oxygens (including phenoxy) is 1. The molecular weight excluding hydrogens is 330 g/mol. The zero-order chi connectivity index (χ0) is 18.9. The van der Waals surface area contributed by atoms with Gasteiger partial charge in [0, 0.05) is 0 Å². The van der Waals surface area contributed by atoms with Crippen LogP contribution in [-0.2, 0) is 0 Å². The van der Waals surface area contributed by atoms with E-state index in [0.29, 0.717) is 13.2 Å². The lowest BCUT2D eigenvalue weighted by Gasteiger charge is -2.17. The van der Waals surface area contributed by atoms with Crippen LogP contribution >= 0.6 is 0 Å². The monoisotopic (exact) mass is 357 g/mol. The molecule has 0 saturated carbocycles. The normalized spacial score (nSPS) is 11.8. The second-order valence-electron chi connectivity index (χ2n) is 6.45. The van der Waals surface area contributed by atoms with Crippen LogP contribution in [0, 0.1) is 0 Å². The van der Waals surface area contributed by atoms with Gasteiger partial charge in [-0.25, -0.2) is 0 Å². The first-order valence-electron chi connectivity index (χ1n) is 9.60. The predicted octanol–water partition coefficient (Wildman–Crippen LogP) is 5.78. The summed E-state index contributed by atoms with van der Waals surface area (Å²) >= 11 is 0. The zero-order valence-corrected chi connectivity index (χ0v) is 15.9. The van der Waals surface area contributed by atoms with E-state index >= 15 is 0 Å². The minimum atomic E-state index is 0.649. The van der Waals surface area contributed by atoms with Crippen LogP contribution in [0.1, 0.15) is 36.5 Å². The summed E-state index contributed by atoms with van der Waals surface area (Å²) in [6, 6.07) is 29.6. The average Bonchev–Trinajstić information content (AvgIpc) is 2.74. The highest BCUT2D eigenvalue weighted by Gasteiger charge is 2.12. The fourth-order valence-electron chi connectivity index (χ4n) is 3.28. The molecule has 0 aliphatic rings. The van der Waals surface area contributed by atoms with Crippen molar-refractivity contribution < 1.29 is 4.74 Å². The maximum Gasteiger partial charge on any atom is 0.119 e. The summed E-state index contributed by atoms with van der Waals surface area (Å²) in [6.45, 7) is 3.52. The molecule has 138 valence electrons. The smallest absolute Gasteiger partial charge is 0.119 e. The Morgan fingerprint density at radius 2 is 1.30 bits per heavy atom. The summed E-state index contributed by atoms with van der Waals surface area (Å²) in [5, 5.41) is 0. The predicted molar refractivity (Wildman–Crippen MR) is 115 cm³/mol. The summed E-state index contributed by atoms with van der Waals surface area (Å²) in [5.74, 6) is 0.886. The standard InChI is InChI=1S/C25H27NO/c1-2-24(20-10-5-3-6-11-20)25(21-12-7-4-8-13-21)22-14-16-23(17-15-22)27-19-9-18-26/h3-8,10-17H,2,9,18-19,26H2,1H3/b25-24+. The topological polar surface area (TPSA) is 35.2 Å². The van der Waals surface area contributed by atoms with Crippen molar-refractivity contribution in [3.8, 4) is 5.75 Å². The summed E-state index contributed by atoms with van der Waals surface area (Å²) in [4.78, 5) is 0. The van der Waals surface area contributed by atoms with Gasteiger partial charge in [-0.05, 0) is 59.4 Å².